The molecule has 0 aromatic carbocycles. The molecule has 29 heavy (non-hydrogen) atoms. The van der Waals surface area contributed by atoms with Crippen LogP contribution in [-0.4, -0.2) is 81.7 Å². The Kier molecular flexibility index (Phi) is 7.96. The molecule has 2 fully saturated rings. The number of carbonyl (C=O) groups excluding carboxylic acids is 4. The molecular formula is C16H24BO12-. The maximum absolute atomic E-state index is 12.2. The molecule has 2 rings (SSSR count). The Labute approximate surface area is 167 Å². The van der Waals surface area contributed by atoms with E-state index in [-0.39, 0.29) is 26.4 Å². The molecule has 0 aromatic heterocycles. The lowest BCUT2D eigenvalue weighted by Crippen LogP contribution is -2.42. The largest absolute Gasteiger partial charge is 0.533 e. The Bertz CT molecular complexity index is 528. The van der Waals surface area contributed by atoms with Gasteiger partial charge >= 0.3 is 30.8 Å². The molecular weight excluding hydrogens is 395 g/mol. The zero-order chi connectivity index (χ0) is 21.6. The van der Waals surface area contributed by atoms with Gasteiger partial charge in [0.05, 0.1) is 26.4 Å². The SMILES string of the molecule is CCOC(=O)C1O[B-]2(OC1C(=O)OCC)OC(C(=O)OCC)C(C(=O)OCC)O2. The molecule has 0 aliphatic carbocycles. The van der Waals surface area contributed by atoms with E-state index in [1.165, 1.54) is 0 Å². The fourth-order valence-electron chi connectivity index (χ4n) is 2.81. The minimum atomic E-state index is -3.31. The van der Waals surface area contributed by atoms with Gasteiger partial charge in [-0.1, -0.05) is 0 Å². The van der Waals surface area contributed by atoms with Gasteiger partial charge in [0.25, 0.3) is 0 Å². The van der Waals surface area contributed by atoms with Crippen LogP contribution in [0.15, 0.2) is 0 Å². The van der Waals surface area contributed by atoms with Crippen molar-refractivity contribution >= 4 is 30.8 Å². The summed E-state index contributed by atoms with van der Waals surface area (Å²) in [6.07, 6.45) is -6.34. The Morgan fingerprint density at radius 1 is 0.552 bits per heavy atom. The van der Waals surface area contributed by atoms with Gasteiger partial charge in [0.15, 0.2) is 24.4 Å². The van der Waals surface area contributed by atoms with Gasteiger partial charge in [-0.2, -0.15) is 0 Å². The lowest BCUT2D eigenvalue weighted by Gasteiger charge is -2.28. The molecule has 0 aromatic rings. The van der Waals surface area contributed by atoms with E-state index in [0.717, 1.165) is 0 Å². The van der Waals surface area contributed by atoms with Crippen molar-refractivity contribution < 1.29 is 56.7 Å². The van der Waals surface area contributed by atoms with Gasteiger partial charge in [0.1, 0.15) is 0 Å². The van der Waals surface area contributed by atoms with Crippen LogP contribution in [0.2, 0.25) is 0 Å². The predicted octanol–water partition coefficient (Wildman–Crippen LogP) is -0.758. The Morgan fingerprint density at radius 3 is 0.931 bits per heavy atom. The van der Waals surface area contributed by atoms with Gasteiger partial charge in [-0.05, 0) is 27.7 Å². The molecule has 13 heteroatoms. The van der Waals surface area contributed by atoms with Crippen molar-refractivity contribution in [3.63, 3.8) is 0 Å². The molecule has 0 N–H and O–H groups in total. The standard InChI is InChI=1S/C16H24BO12/c1-5-22-13(18)9-10(14(19)23-6-2)27-17(26-9)28-11(15(20)24-7-3)12(29-17)16(21)25-8-4/h9-12H,5-8H2,1-4H3/q-1. The molecule has 0 radical (unpaired) electrons. The van der Waals surface area contributed by atoms with E-state index in [0.29, 0.717) is 0 Å². The van der Waals surface area contributed by atoms with Gasteiger partial charge in [-0.3, -0.25) is 0 Å². The van der Waals surface area contributed by atoms with E-state index in [1.807, 2.05) is 0 Å². The topological polar surface area (TPSA) is 142 Å². The number of hydrogen-bond acceptors (Lipinski definition) is 12. The number of esters is 4. The first-order valence-corrected chi connectivity index (χ1v) is 9.32. The quantitative estimate of drug-likeness (QED) is 0.277. The minimum Gasteiger partial charge on any atom is -0.505 e. The lowest BCUT2D eigenvalue weighted by molar-refractivity contribution is -0.163. The normalized spacial score (nSPS) is 30.8. The van der Waals surface area contributed by atoms with Crippen LogP contribution in [-0.2, 0) is 56.7 Å². The summed E-state index contributed by atoms with van der Waals surface area (Å²) in [5.74, 6) is -3.71. The van der Waals surface area contributed by atoms with Crippen molar-refractivity contribution in [1.29, 1.82) is 0 Å². The molecule has 12 nitrogen and oxygen atoms in total. The smallest absolute Gasteiger partial charge is 0.505 e. The first-order chi connectivity index (χ1) is 13.8. The Hall–Kier alpha value is -2.22. The molecule has 0 amide bonds. The molecule has 1 spiro atoms. The van der Waals surface area contributed by atoms with E-state index >= 15 is 0 Å². The molecule has 2 heterocycles. The Morgan fingerprint density at radius 2 is 0.759 bits per heavy atom. The average Bonchev–Trinajstić information content (AvgIpc) is 3.24. The number of carbonyl (C=O) groups is 4. The molecule has 4 unspecified atom stereocenters. The zero-order valence-corrected chi connectivity index (χ0v) is 16.6. The van der Waals surface area contributed by atoms with Crippen LogP contribution in [0.25, 0.3) is 0 Å². The average molecular weight is 419 g/mol. The third-order valence-corrected chi connectivity index (χ3v) is 3.88. The van der Waals surface area contributed by atoms with E-state index in [1.54, 1.807) is 27.7 Å². The third-order valence-electron chi connectivity index (χ3n) is 3.88. The van der Waals surface area contributed by atoms with Crippen LogP contribution in [0, 0.1) is 0 Å². The van der Waals surface area contributed by atoms with Gasteiger partial charge < -0.3 is 37.6 Å². The maximum Gasteiger partial charge on any atom is 0.533 e. The summed E-state index contributed by atoms with van der Waals surface area (Å²) >= 11 is 0. The van der Waals surface area contributed by atoms with E-state index in [4.69, 9.17) is 37.6 Å². The fraction of sp³-hybridized carbons (Fsp3) is 0.750. The summed E-state index contributed by atoms with van der Waals surface area (Å²) < 4.78 is 41.2. The summed E-state index contributed by atoms with van der Waals surface area (Å²) in [6.45, 7) is 2.95. The maximum atomic E-state index is 12.2. The second-order valence-corrected chi connectivity index (χ2v) is 5.81. The summed E-state index contributed by atoms with van der Waals surface area (Å²) in [5.41, 5.74) is 0. The highest BCUT2D eigenvalue weighted by Crippen LogP contribution is 2.37. The highest BCUT2D eigenvalue weighted by molar-refractivity contribution is 6.56. The van der Waals surface area contributed by atoms with Gasteiger partial charge in [-0.25, -0.2) is 19.2 Å². The number of rotatable bonds is 8. The van der Waals surface area contributed by atoms with Crippen LogP contribution in [0.4, 0.5) is 0 Å². The fourth-order valence-corrected chi connectivity index (χ4v) is 2.81. The van der Waals surface area contributed by atoms with Gasteiger partial charge in [-0.15, -0.1) is 0 Å². The van der Waals surface area contributed by atoms with Crippen LogP contribution in [0.3, 0.4) is 0 Å². The zero-order valence-electron chi connectivity index (χ0n) is 16.6. The van der Waals surface area contributed by atoms with E-state index in [9.17, 15) is 19.2 Å². The van der Waals surface area contributed by atoms with E-state index in [2.05, 4.69) is 0 Å². The summed E-state index contributed by atoms with van der Waals surface area (Å²) in [5, 5.41) is 0. The first kappa shape index (κ1) is 23.1. The minimum absolute atomic E-state index is 0.00680. The van der Waals surface area contributed by atoms with Crippen molar-refractivity contribution in [3.05, 3.63) is 0 Å². The number of ether oxygens (including phenoxy) is 4. The Balaban J connectivity index is 2.30. The highest BCUT2D eigenvalue weighted by atomic mass is 16.9. The number of hydrogen-bond donors (Lipinski definition) is 0. The molecule has 2 saturated heterocycles. The van der Waals surface area contributed by atoms with Crippen molar-refractivity contribution in [2.75, 3.05) is 26.4 Å². The molecule has 4 atom stereocenters. The second-order valence-electron chi connectivity index (χ2n) is 5.81. The van der Waals surface area contributed by atoms with Gasteiger partial charge in [0.2, 0.25) is 0 Å². The van der Waals surface area contributed by atoms with E-state index < -0.39 is 55.3 Å². The van der Waals surface area contributed by atoms with Crippen LogP contribution in [0.5, 0.6) is 0 Å². The summed E-state index contributed by atoms with van der Waals surface area (Å²) in [7, 11) is 0. The van der Waals surface area contributed by atoms with Crippen molar-refractivity contribution in [2.24, 2.45) is 0 Å². The van der Waals surface area contributed by atoms with Crippen LogP contribution in [0.1, 0.15) is 27.7 Å². The molecule has 0 saturated carbocycles. The van der Waals surface area contributed by atoms with Crippen molar-refractivity contribution in [1.82, 2.24) is 0 Å². The monoisotopic (exact) mass is 419 g/mol. The molecule has 164 valence electrons. The molecule has 2 aliphatic heterocycles. The van der Waals surface area contributed by atoms with Crippen LogP contribution < -0.4 is 0 Å². The summed E-state index contributed by atoms with van der Waals surface area (Å²) in [6, 6.07) is 0. The third kappa shape index (κ3) is 5.04. The van der Waals surface area contributed by atoms with Gasteiger partial charge in [0, 0.05) is 0 Å². The second kappa shape index (κ2) is 10.0. The van der Waals surface area contributed by atoms with Crippen molar-refractivity contribution in [2.45, 2.75) is 52.1 Å². The first-order valence-electron chi connectivity index (χ1n) is 9.32. The lowest BCUT2D eigenvalue weighted by atomic mass is 10.1. The van der Waals surface area contributed by atoms with Crippen molar-refractivity contribution in [3.8, 4) is 0 Å². The molecule has 0 bridgehead atoms. The highest BCUT2D eigenvalue weighted by Gasteiger charge is 2.61. The predicted molar refractivity (Wildman–Crippen MR) is 91.8 cm³/mol. The molecule has 2 aliphatic rings. The van der Waals surface area contributed by atoms with Crippen LogP contribution >= 0.6 is 0 Å². The summed E-state index contributed by atoms with van der Waals surface area (Å²) in [4.78, 5) is 48.9.